The minimum absolute atomic E-state index is 0.147. The van der Waals surface area contributed by atoms with Crippen LogP contribution in [0.2, 0.25) is 0 Å². The van der Waals surface area contributed by atoms with Crippen molar-refractivity contribution in [3.05, 3.63) is 76.9 Å². The molecule has 1 amide bonds. The standard InChI is InChI=1S/C26H29FN4O/c27-24-6-2-1-5-22(24)17-30-12-3-4-19(16-30)14-25(32)31-13-9-21-15-29-26(23(21)18-31)20-7-10-28-11-8-20/h1-2,5-8,10-11,19H,3-4,9,12-18H2. The third-order valence-electron chi connectivity index (χ3n) is 6.90. The molecule has 5 rings (SSSR count). The lowest BCUT2D eigenvalue weighted by Crippen LogP contribution is -2.41. The fraction of sp³-hybridized carbons (Fsp3) is 0.423. The second-order valence-electron chi connectivity index (χ2n) is 9.09. The molecule has 6 heteroatoms. The van der Waals surface area contributed by atoms with Crippen LogP contribution in [0.3, 0.4) is 0 Å². The number of carbonyl (C=O) groups is 1. The number of likely N-dealkylation sites (tertiary alicyclic amines) is 1. The Labute approximate surface area is 188 Å². The van der Waals surface area contributed by atoms with Crippen molar-refractivity contribution in [2.45, 2.75) is 32.2 Å². The number of hydrogen-bond acceptors (Lipinski definition) is 4. The maximum absolute atomic E-state index is 14.1. The molecule has 0 bridgehead atoms. The first-order valence-electron chi connectivity index (χ1n) is 11.6. The normalized spacial score (nSPS) is 21.5. The average molecular weight is 433 g/mol. The molecule has 0 radical (unpaired) electrons. The van der Waals surface area contributed by atoms with Crippen molar-refractivity contribution in [3.8, 4) is 0 Å². The monoisotopic (exact) mass is 432 g/mol. The zero-order valence-corrected chi connectivity index (χ0v) is 18.3. The molecule has 0 saturated carbocycles. The molecule has 0 N–H and O–H groups in total. The predicted molar refractivity (Wildman–Crippen MR) is 123 cm³/mol. The van der Waals surface area contributed by atoms with Gasteiger partial charge >= 0.3 is 0 Å². The van der Waals surface area contributed by atoms with Gasteiger partial charge in [-0.05, 0) is 61.1 Å². The molecule has 32 heavy (non-hydrogen) atoms. The number of carbonyl (C=O) groups excluding carboxylic acids is 1. The number of nitrogens with zero attached hydrogens (tertiary/aromatic N) is 4. The molecule has 5 nitrogen and oxygen atoms in total. The minimum Gasteiger partial charge on any atom is -0.338 e. The molecule has 4 heterocycles. The molecule has 1 aromatic carbocycles. The number of amides is 1. The Bertz CT molecular complexity index is 1050. The Morgan fingerprint density at radius 3 is 2.81 bits per heavy atom. The summed E-state index contributed by atoms with van der Waals surface area (Å²) >= 11 is 0. The van der Waals surface area contributed by atoms with Crippen molar-refractivity contribution in [3.63, 3.8) is 0 Å². The van der Waals surface area contributed by atoms with Gasteiger partial charge in [0.1, 0.15) is 5.82 Å². The highest BCUT2D eigenvalue weighted by Crippen LogP contribution is 2.29. The topological polar surface area (TPSA) is 48.8 Å². The maximum Gasteiger partial charge on any atom is 0.223 e. The summed E-state index contributed by atoms with van der Waals surface area (Å²) in [6, 6.07) is 11.0. The summed E-state index contributed by atoms with van der Waals surface area (Å²) in [6.45, 7) is 4.62. The molecule has 0 spiro atoms. The smallest absolute Gasteiger partial charge is 0.223 e. The van der Waals surface area contributed by atoms with Gasteiger partial charge in [0.05, 0.1) is 12.3 Å². The van der Waals surface area contributed by atoms with Crippen LogP contribution in [0.25, 0.3) is 0 Å². The second kappa shape index (κ2) is 9.33. The first-order chi connectivity index (χ1) is 15.7. The third-order valence-corrected chi connectivity index (χ3v) is 6.90. The van der Waals surface area contributed by atoms with Gasteiger partial charge in [-0.25, -0.2) is 4.39 Å². The van der Waals surface area contributed by atoms with Crippen molar-refractivity contribution >= 4 is 11.6 Å². The van der Waals surface area contributed by atoms with Crippen molar-refractivity contribution in [2.75, 3.05) is 32.7 Å². The van der Waals surface area contributed by atoms with Crippen LogP contribution >= 0.6 is 0 Å². The van der Waals surface area contributed by atoms with E-state index in [0.717, 1.165) is 62.3 Å². The molecule has 166 valence electrons. The van der Waals surface area contributed by atoms with E-state index in [9.17, 15) is 9.18 Å². The third kappa shape index (κ3) is 4.51. The molecule has 1 saturated heterocycles. The summed E-state index contributed by atoms with van der Waals surface area (Å²) in [5, 5.41) is 0. The van der Waals surface area contributed by atoms with Crippen LogP contribution in [0.15, 0.2) is 64.9 Å². The Kier molecular flexibility index (Phi) is 6.12. The number of pyridine rings is 1. The summed E-state index contributed by atoms with van der Waals surface area (Å²) in [7, 11) is 0. The Hall–Kier alpha value is -2.86. The van der Waals surface area contributed by atoms with Gasteiger partial charge in [0, 0.05) is 56.1 Å². The van der Waals surface area contributed by atoms with E-state index >= 15 is 0 Å². The van der Waals surface area contributed by atoms with Gasteiger partial charge in [-0.3, -0.25) is 19.7 Å². The van der Waals surface area contributed by atoms with E-state index in [-0.39, 0.29) is 11.7 Å². The van der Waals surface area contributed by atoms with E-state index < -0.39 is 0 Å². The van der Waals surface area contributed by atoms with Gasteiger partial charge in [0.25, 0.3) is 0 Å². The second-order valence-corrected chi connectivity index (χ2v) is 9.09. The quantitative estimate of drug-likeness (QED) is 0.721. The molecular formula is C26H29FN4O. The molecule has 2 aromatic rings. The summed E-state index contributed by atoms with van der Waals surface area (Å²) in [6.07, 6.45) is 7.17. The summed E-state index contributed by atoms with van der Waals surface area (Å²) in [4.78, 5) is 26.4. The fourth-order valence-electron chi connectivity index (χ4n) is 5.18. The Morgan fingerprint density at radius 2 is 1.97 bits per heavy atom. The van der Waals surface area contributed by atoms with Gasteiger partial charge in [-0.2, -0.15) is 0 Å². The summed E-state index contributed by atoms with van der Waals surface area (Å²) in [5.41, 5.74) is 5.43. The van der Waals surface area contributed by atoms with Gasteiger partial charge in [0.15, 0.2) is 0 Å². The number of aromatic nitrogens is 1. The van der Waals surface area contributed by atoms with Crippen molar-refractivity contribution in [1.82, 2.24) is 14.8 Å². The van der Waals surface area contributed by atoms with Crippen LogP contribution in [0.5, 0.6) is 0 Å². The van der Waals surface area contributed by atoms with E-state index in [0.29, 0.717) is 25.4 Å². The zero-order chi connectivity index (χ0) is 21.9. The van der Waals surface area contributed by atoms with E-state index in [1.54, 1.807) is 18.5 Å². The molecule has 1 fully saturated rings. The number of benzene rings is 1. The molecule has 0 aliphatic carbocycles. The maximum atomic E-state index is 14.1. The molecule has 3 aliphatic heterocycles. The number of hydrogen-bond donors (Lipinski definition) is 0. The minimum atomic E-state index is -0.147. The van der Waals surface area contributed by atoms with Gasteiger partial charge in [-0.15, -0.1) is 0 Å². The highest BCUT2D eigenvalue weighted by atomic mass is 19.1. The number of halogens is 1. The zero-order valence-electron chi connectivity index (χ0n) is 18.3. The van der Waals surface area contributed by atoms with Crippen LogP contribution in [0, 0.1) is 11.7 Å². The largest absolute Gasteiger partial charge is 0.338 e. The number of rotatable bonds is 5. The van der Waals surface area contributed by atoms with Crippen LogP contribution < -0.4 is 0 Å². The Balaban J connectivity index is 1.19. The lowest BCUT2D eigenvalue weighted by molar-refractivity contribution is -0.132. The van der Waals surface area contributed by atoms with Gasteiger partial charge in [-0.1, -0.05) is 18.2 Å². The lowest BCUT2D eigenvalue weighted by atomic mass is 9.92. The Morgan fingerprint density at radius 1 is 1.12 bits per heavy atom. The van der Waals surface area contributed by atoms with Gasteiger partial charge < -0.3 is 4.90 Å². The van der Waals surface area contributed by atoms with Crippen molar-refractivity contribution in [2.24, 2.45) is 10.9 Å². The predicted octanol–water partition coefficient (Wildman–Crippen LogP) is 3.85. The van der Waals surface area contributed by atoms with Crippen LogP contribution in [-0.4, -0.2) is 59.1 Å². The highest BCUT2D eigenvalue weighted by Gasteiger charge is 2.31. The van der Waals surface area contributed by atoms with Crippen LogP contribution in [-0.2, 0) is 11.3 Å². The summed E-state index contributed by atoms with van der Waals surface area (Å²) < 4.78 is 14.1. The first-order valence-corrected chi connectivity index (χ1v) is 11.6. The number of aliphatic imine (C=N–C) groups is 1. The molecule has 1 aromatic heterocycles. The van der Waals surface area contributed by atoms with E-state index in [2.05, 4.69) is 9.88 Å². The molecule has 3 aliphatic rings. The lowest BCUT2D eigenvalue weighted by Gasteiger charge is -2.35. The van der Waals surface area contributed by atoms with Crippen molar-refractivity contribution in [1.29, 1.82) is 0 Å². The average Bonchev–Trinajstić information content (AvgIpc) is 3.25. The summed E-state index contributed by atoms with van der Waals surface area (Å²) in [5.74, 6) is 0.414. The van der Waals surface area contributed by atoms with Crippen LogP contribution in [0.4, 0.5) is 4.39 Å². The molecular weight excluding hydrogens is 403 g/mol. The highest BCUT2D eigenvalue weighted by molar-refractivity contribution is 6.15. The molecule has 1 unspecified atom stereocenters. The fourth-order valence-corrected chi connectivity index (χ4v) is 5.18. The van der Waals surface area contributed by atoms with E-state index in [4.69, 9.17) is 4.99 Å². The molecule has 1 atom stereocenters. The van der Waals surface area contributed by atoms with Crippen molar-refractivity contribution < 1.29 is 9.18 Å². The SMILES string of the molecule is O=C(CC1CCCN(Cc2ccccc2F)C1)N1CCC2=C(C1)C(c1ccncc1)=NC2. The van der Waals surface area contributed by atoms with E-state index in [1.807, 2.05) is 29.2 Å². The van der Waals surface area contributed by atoms with E-state index in [1.165, 1.54) is 17.2 Å². The first kappa shape index (κ1) is 21.0. The van der Waals surface area contributed by atoms with Gasteiger partial charge in [0.2, 0.25) is 5.91 Å². The van der Waals surface area contributed by atoms with Crippen LogP contribution in [0.1, 0.15) is 36.8 Å². The number of piperidine rings is 1.